The number of carbonyl (C=O) groups excluding carboxylic acids is 1. The Hall–Kier alpha value is -2.99. The van der Waals surface area contributed by atoms with Gasteiger partial charge in [-0.2, -0.15) is 5.10 Å². The van der Waals surface area contributed by atoms with Crippen LogP contribution in [0.4, 0.5) is 0 Å². The molecule has 1 N–H and O–H groups in total. The first-order valence-corrected chi connectivity index (χ1v) is 9.34. The average Bonchev–Trinajstić information content (AvgIpc) is 3.32. The zero-order valence-corrected chi connectivity index (χ0v) is 14.9. The van der Waals surface area contributed by atoms with E-state index in [2.05, 4.69) is 21.5 Å². The van der Waals surface area contributed by atoms with Crippen molar-refractivity contribution in [1.29, 1.82) is 0 Å². The van der Waals surface area contributed by atoms with E-state index in [0.29, 0.717) is 12.1 Å². The number of amides is 1. The largest absolute Gasteiger partial charge is 0.352 e. The Labute approximate surface area is 155 Å². The Morgan fingerprint density at radius 1 is 1.08 bits per heavy atom. The molecule has 0 aliphatic heterocycles. The van der Waals surface area contributed by atoms with Crippen LogP contribution in [-0.2, 0) is 6.42 Å². The SMILES string of the molecule is O=C(NCCCc1nc2ccccc2s1)c1cnn(-c2ccccc2)c1. The number of aryl methyl sites for hydroxylation is 1. The third-order valence-corrected chi connectivity index (χ3v) is 5.15. The van der Waals surface area contributed by atoms with Crippen molar-refractivity contribution in [2.24, 2.45) is 0 Å². The molecule has 0 atom stereocenters. The Morgan fingerprint density at radius 3 is 2.73 bits per heavy atom. The Morgan fingerprint density at radius 2 is 1.88 bits per heavy atom. The van der Waals surface area contributed by atoms with Crippen LogP contribution in [0.3, 0.4) is 0 Å². The highest BCUT2D eigenvalue weighted by Gasteiger charge is 2.09. The molecule has 0 bridgehead atoms. The van der Waals surface area contributed by atoms with E-state index >= 15 is 0 Å². The summed E-state index contributed by atoms with van der Waals surface area (Å²) in [5.74, 6) is -0.100. The van der Waals surface area contributed by atoms with Gasteiger partial charge in [0.25, 0.3) is 5.91 Å². The number of fused-ring (bicyclic) bond motifs is 1. The third-order valence-electron chi connectivity index (χ3n) is 4.06. The summed E-state index contributed by atoms with van der Waals surface area (Å²) in [5, 5.41) is 8.32. The van der Waals surface area contributed by atoms with Gasteiger partial charge in [-0.1, -0.05) is 30.3 Å². The maximum Gasteiger partial charge on any atom is 0.254 e. The maximum absolute atomic E-state index is 12.3. The van der Waals surface area contributed by atoms with Crippen LogP contribution in [0.15, 0.2) is 67.0 Å². The van der Waals surface area contributed by atoms with Gasteiger partial charge in [0.2, 0.25) is 0 Å². The first-order chi connectivity index (χ1) is 12.8. The molecule has 2 aromatic carbocycles. The minimum Gasteiger partial charge on any atom is -0.352 e. The summed E-state index contributed by atoms with van der Waals surface area (Å²) in [6, 6.07) is 17.9. The van der Waals surface area contributed by atoms with Crippen LogP contribution in [0.1, 0.15) is 21.8 Å². The molecule has 0 saturated heterocycles. The minimum absolute atomic E-state index is 0.100. The van der Waals surface area contributed by atoms with E-state index in [1.54, 1.807) is 28.4 Å². The summed E-state index contributed by atoms with van der Waals surface area (Å²) >= 11 is 1.72. The predicted molar refractivity (Wildman–Crippen MR) is 104 cm³/mol. The van der Waals surface area contributed by atoms with Crippen LogP contribution in [0.2, 0.25) is 0 Å². The van der Waals surface area contributed by atoms with Gasteiger partial charge in [0.05, 0.1) is 32.7 Å². The van der Waals surface area contributed by atoms with Crippen molar-refractivity contribution in [3.05, 3.63) is 77.6 Å². The number of nitrogens with one attached hydrogen (secondary N) is 1. The Bertz CT molecular complexity index is 989. The van der Waals surface area contributed by atoms with Gasteiger partial charge in [0.15, 0.2) is 0 Å². The predicted octanol–water partition coefficient (Wildman–Crippen LogP) is 3.84. The molecule has 6 heteroatoms. The second kappa shape index (κ2) is 7.49. The lowest BCUT2D eigenvalue weighted by atomic mass is 10.3. The van der Waals surface area contributed by atoms with E-state index in [-0.39, 0.29) is 5.91 Å². The van der Waals surface area contributed by atoms with Gasteiger partial charge in [0.1, 0.15) is 0 Å². The smallest absolute Gasteiger partial charge is 0.254 e. The number of para-hydroxylation sites is 2. The summed E-state index contributed by atoms with van der Waals surface area (Å²) in [5.41, 5.74) is 2.54. The number of benzene rings is 2. The van der Waals surface area contributed by atoms with Crippen molar-refractivity contribution in [3.63, 3.8) is 0 Å². The maximum atomic E-state index is 12.3. The van der Waals surface area contributed by atoms with Crippen molar-refractivity contribution in [2.75, 3.05) is 6.54 Å². The van der Waals surface area contributed by atoms with Gasteiger partial charge in [-0.05, 0) is 30.7 Å². The van der Waals surface area contributed by atoms with Crippen molar-refractivity contribution in [3.8, 4) is 5.69 Å². The number of nitrogens with zero attached hydrogens (tertiary/aromatic N) is 3. The highest BCUT2D eigenvalue weighted by atomic mass is 32.1. The van der Waals surface area contributed by atoms with Crippen LogP contribution >= 0.6 is 11.3 Å². The van der Waals surface area contributed by atoms with Gasteiger partial charge in [0, 0.05) is 19.2 Å². The molecular formula is C20H18N4OS. The molecule has 0 radical (unpaired) electrons. The molecule has 4 rings (SSSR count). The van der Waals surface area contributed by atoms with Gasteiger partial charge in [-0.3, -0.25) is 4.79 Å². The molecule has 0 aliphatic rings. The number of aromatic nitrogens is 3. The zero-order chi connectivity index (χ0) is 17.8. The van der Waals surface area contributed by atoms with Crippen LogP contribution in [0, 0.1) is 0 Å². The highest BCUT2D eigenvalue weighted by Crippen LogP contribution is 2.22. The molecule has 0 unspecified atom stereocenters. The second-order valence-electron chi connectivity index (χ2n) is 5.94. The minimum atomic E-state index is -0.100. The lowest BCUT2D eigenvalue weighted by Crippen LogP contribution is -2.24. The van der Waals surface area contributed by atoms with E-state index in [1.807, 2.05) is 48.5 Å². The average molecular weight is 362 g/mol. The Balaban J connectivity index is 1.29. The van der Waals surface area contributed by atoms with Crippen molar-refractivity contribution in [2.45, 2.75) is 12.8 Å². The molecule has 130 valence electrons. The number of rotatable bonds is 6. The highest BCUT2D eigenvalue weighted by molar-refractivity contribution is 7.18. The van der Waals surface area contributed by atoms with E-state index in [4.69, 9.17) is 0 Å². The fourth-order valence-electron chi connectivity index (χ4n) is 2.73. The molecule has 5 nitrogen and oxygen atoms in total. The normalized spacial score (nSPS) is 10.9. The summed E-state index contributed by atoms with van der Waals surface area (Å²) < 4.78 is 2.91. The summed E-state index contributed by atoms with van der Waals surface area (Å²) in [6.45, 7) is 0.616. The molecular weight excluding hydrogens is 344 g/mol. The number of thiazole rings is 1. The van der Waals surface area contributed by atoms with Crippen LogP contribution in [0.5, 0.6) is 0 Å². The lowest BCUT2D eigenvalue weighted by molar-refractivity contribution is 0.0953. The first kappa shape index (κ1) is 16.5. The van der Waals surface area contributed by atoms with E-state index in [9.17, 15) is 4.79 Å². The molecule has 0 spiro atoms. The topological polar surface area (TPSA) is 59.8 Å². The molecule has 0 fully saturated rings. The fourth-order valence-corrected chi connectivity index (χ4v) is 3.74. The van der Waals surface area contributed by atoms with Gasteiger partial charge < -0.3 is 5.32 Å². The lowest BCUT2D eigenvalue weighted by Gasteiger charge is -2.02. The fraction of sp³-hybridized carbons (Fsp3) is 0.150. The zero-order valence-electron chi connectivity index (χ0n) is 14.1. The second-order valence-corrected chi connectivity index (χ2v) is 7.06. The van der Waals surface area contributed by atoms with Crippen LogP contribution < -0.4 is 5.32 Å². The van der Waals surface area contributed by atoms with Gasteiger partial charge in [-0.15, -0.1) is 11.3 Å². The molecule has 26 heavy (non-hydrogen) atoms. The number of hydrogen-bond donors (Lipinski definition) is 1. The summed E-state index contributed by atoms with van der Waals surface area (Å²) in [6.07, 6.45) is 5.06. The number of carbonyl (C=O) groups is 1. The van der Waals surface area contributed by atoms with Crippen LogP contribution in [-0.4, -0.2) is 27.2 Å². The van der Waals surface area contributed by atoms with E-state index in [0.717, 1.165) is 29.1 Å². The quantitative estimate of drug-likeness (QED) is 0.530. The van der Waals surface area contributed by atoms with Crippen molar-refractivity contribution in [1.82, 2.24) is 20.1 Å². The molecule has 1 amide bonds. The molecule has 4 aromatic rings. The monoisotopic (exact) mass is 362 g/mol. The van der Waals surface area contributed by atoms with Gasteiger partial charge >= 0.3 is 0 Å². The molecule has 2 aromatic heterocycles. The van der Waals surface area contributed by atoms with E-state index < -0.39 is 0 Å². The van der Waals surface area contributed by atoms with Crippen LogP contribution in [0.25, 0.3) is 15.9 Å². The summed E-state index contributed by atoms with van der Waals surface area (Å²) in [7, 11) is 0. The molecule has 0 aliphatic carbocycles. The van der Waals surface area contributed by atoms with Crippen molar-refractivity contribution >= 4 is 27.5 Å². The Kier molecular flexibility index (Phi) is 4.75. The van der Waals surface area contributed by atoms with Gasteiger partial charge in [-0.25, -0.2) is 9.67 Å². The third kappa shape index (κ3) is 3.65. The van der Waals surface area contributed by atoms with E-state index in [1.165, 1.54) is 4.70 Å². The molecule has 0 saturated carbocycles. The standard InChI is InChI=1S/C20H18N4OS/c25-20(15-13-22-24(14-15)16-7-2-1-3-8-16)21-12-6-11-19-23-17-9-4-5-10-18(17)26-19/h1-5,7-10,13-14H,6,11-12H2,(H,21,25). The first-order valence-electron chi connectivity index (χ1n) is 8.52. The number of hydrogen-bond acceptors (Lipinski definition) is 4. The summed E-state index contributed by atoms with van der Waals surface area (Å²) in [4.78, 5) is 16.9. The molecule has 2 heterocycles. The van der Waals surface area contributed by atoms with Crippen molar-refractivity contribution < 1.29 is 4.79 Å².